The van der Waals surface area contributed by atoms with E-state index in [1.54, 1.807) is 42.5 Å². The molecule has 2 unspecified atom stereocenters. The maximum atomic E-state index is 15.4. The number of piperidine rings is 3. The highest BCUT2D eigenvalue weighted by molar-refractivity contribution is 7.88. The minimum absolute atomic E-state index is 0.0293. The lowest BCUT2D eigenvalue weighted by Gasteiger charge is -2.45. The van der Waals surface area contributed by atoms with E-state index in [4.69, 9.17) is 9.84 Å². The van der Waals surface area contributed by atoms with Gasteiger partial charge in [0.1, 0.15) is 11.8 Å². The van der Waals surface area contributed by atoms with E-state index in [0.717, 1.165) is 29.2 Å². The predicted octanol–water partition coefficient (Wildman–Crippen LogP) is 6.73. The number of anilines is 3. The zero-order chi connectivity index (χ0) is 48.2. The summed E-state index contributed by atoms with van der Waals surface area (Å²) in [7, 11) is -3.86. The van der Waals surface area contributed by atoms with Crippen molar-refractivity contribution in [1.82, 2.24) is 14.6 Å². The molecule has 9 rings (SSSR count). The summed E-state index contributed by atoms with van der Waals surface area (Å²) in [6.45, 7) is 4.24. The number of halogens is 1. The lowest BCUT2D eigenvalue weighted by molar-refractivity contribution is -0.139. The molecule has 0 spiro atoms. The van der Waals surface area contributed by atoms with Crippen LogP contribution >= 0.6 is 11.3 Å². The molecule has 17 nitrogen and oxygen atoms in total. The Morgan fingerprint density at radius 1 is 0.956 bits per heavy atom. The van der Waals surface area contributed by atoms with Crippen LogP contribution in [0.4, 0.5) is 21.5 Å². The molecule has 0 bridgehead atoms. The minimum Gasteiger partial charge on any atom is -0.506 e. The third kappa shape index (κ3) is 8.95. The number of nitrogens with one attached hydrogen (secondary N) is 3. The zero-order valence-electron chi connectivity index (χ0n) is 37.1. The molecule has 4 aliphatic rings. The standard InChI is InChI=1S/C48H49FN6O11S2/c1-48(2)23-30(50-29-6-3-5-28(22-29)43-41(49)42(66-24-39(58)59)44(67-43)47(62)63)17-20-54(48)68(64,65)25-26-9-13-37(56)34(21-26)52-53-18-15-27(16-19-53)31-10-11-35-40-32(31)7-4-8-33(40)46(61)55(35)36-12-14-38(57)51-45(36)60/h3-11,13,21-22,27,30,36,50,52,56H,12,14-20,23-25H2,1-2H3,(H,58,59)(H,62,63)(H,51,57,60). The predicted molar refractivity (Wildman–Crippen MR) is 252 cm³/mol. The van der Waals surface area contributed by atoms with Crippen molar-refractivity contribution in [1.29, 1.82) is 0 Å². The molecule has 0 aliphatic carbocycles. The van der Waals surface area contributed by atoms with E-state index in [1.807, 2.05) is 43.1 Å². The summed E-state index contributed by atoms with van der Waals surface area (Å²) < 4.78 is 50.2. The van der Waals surface area contributed by atoms with Gasteiger partial charge in [0.15, 0.2) is 23.1 Å². The molecule has 0 saturated carbocycles. The quantitative estimate of drug-likeness (QED) is 0.0500. The number of ether oxygens (including phenoxy) is 1. The van der Waals surface area contributed by atoms with Gasteiger partial charge < -0.3 is 30.8 Å². The summed E-state index contributed by atoms with van der Waals surface area (Å²) >= 11 is 0.635. The molecule has 68 heavy (non-hydrogen) atoms. The smallest absolute Gasteiger partial charge is 0.349 e. The molecule has 6 N–H and O–H groups in total. The van der Waals surface area contributed by atoms with Gasteiger partial charge in [0.05, 0.1) is 22.0 Å². The van der Waals surface area contributed by atoms with E-state index in [-0.39, 0.29) is 59.5 Å². The van der Waals surface area contributed by atoms with Crippen molar-refractivity contribution in [2.24, 2.45) is 0 Å². The van der Waals surface area contributed by atoms with E-state index in [0.29, 0.717) is 71.0 Å². The maximum Gasteiger partial charge on any atom is 0.349 e. The van der Waals surface area contributed by atoms with Gasteiger partial charge in [0.2, 0.25) is 21.8 Å². The number of rotatable bonds is 14. The van der Waals surface area contributed by atoms with Crippen LogP contribution in [0.15, 0.2) is 72.8 Å². The fourth-order valence-corrected chi connectivity index (χ4v) is 13.1. The molecule has 2 atom stereocenters. The van der Waals surface area contributed by atoms with Crippen LogP contribution in [0.2, 0.25) is 0 Å². The van der Waals surface area contributed by atoms with Crippen LogP contribution in [0.1, 0.15) is 89.4 Å². The number of aromatic carboxylic acids is 1. The maximum absolute atomic E-state index is 15.4. The number of sulfonamides is 1. The van der Waals surface area contributed by atoms with Crippen LogP contribution in [0.25, 0.3) is 21.2 Å². The number of phenolic OH excluding ortho intramolecular Hbond substituents is 1. The first-order valence-corrected chi connectivity index (χ1v) is 24.6. The van der Waals surface area contributed by atoms with E-state index >= 15 is 4.39 Å². The number of imide groups is 1. The fourth-order valence-electron chi connectivity index (χ4n) is 10.1. The lowest BCUT2D eigenvalue weighted by atomic mass is 9.86. The minimum atomic E-state index is -3.86. The summed E-state index contributed by atoms with van der Waals surface area (Å²) in [5.41, 5.74) is 6.62. The third-order valence-electron chi connectivity index (χ3n) is 13.2. The van der Waals surface area contributed by atoms with Gasteiger partial charge in [-0.3, -0.25) is 24.6 Å². The van der Waals surface area contributed by atoms with Crippen LogP contribution in [0, 0.1) is 5.82 Å². The molecule has 4 aromatic carbocycles. The number of amides is 3. The first kappa shape index (κ1) is 46.5. The first-order chi connectivity index (χ1) is 32.4. The molecule has 3 fully saturated rings. The number of carbonyl (C=O) groups excluding carboxylic acids is 3. The second kappa shape index (κ2) is 18.1. The van der Waals surface area contributed by atoms with Crippen LogP contribution in [0.5, 0.6) is 11.5 Å². The molecule has 3 saturated heterocycles. The molecule has 5 heterocycles. The highest BCUT2D eigenvalue weighted by atomic mass is 32.2. The Morgan fingerprint density at radius 2 is 1.72 bits per heavy atom. The van der Waals surface area contributed by atoms with E-state index in [1.165, 1.54) is 15.3 Å². The molecule has 356 valence electrons. The van der Waals surface area contributed by atoms with Gasteiger partial charge in [0, 0.05) is 54.3 Å². The molecule has 20 heteroatoms. The van der Waals surface area contributed by atoms with E-state index in [2.05, 4.69) is 16.1 Å². The zero-order valence-corrected chi connectivity index (χ0v) is 38.7. The van der Waals surface area contributed by atoms with Gasteiger partial charge in [-0.15, -0.1) is 11.3 Å². The second-order valence-electron chi connectivity index (χ2n) is 18.2. The van der Waals surface area contributed by atoms with Crippen molar-refractivity contribution in [3.63, 3.8) is 0 Å². The normalized spacial score (nSPS) is 20.1. The number of hydrogen-bond acceptors (Lipinski definition) is 13. The SMILES string of the molecule is CC1(C)CC(Nc2cccc(-c3sc(C(=O)O)c(OCC(=O)O)c3F)c2)CCN1S(=O)(=O)Cc1ccc(O)c(NN2CCC(c3ccc4c5c(cccc35)C(=O)N4C3CCC(=O)NC3=O)CC2)c1. The van der Waals surface area contributed by atoms with Crippen LogP contribution in [-0.4, -0.2) is 107 Å². The topological polar surface area (TPSA) is 235 Å². The molecule has 4 aliphatic heterocycles. The Morgan fingerprint density at radius 3 is 2.44 bits per heavy atom. The van der Waals surface area contributed by atoms with Gasteiger partial charge in [-0.2, -0.15) is 4.31 Å². The molecular formula is C48H49FN6O11S2. The number of carbonyl (C=O) groups is 5. The van der Waals surface area contributed by atoms with Crippen molar-refractivity contribution in [3.8, 4) is 21.9 Å². The van der Waals surface area contributed by atoms with Crippen LogP contribution < -0.4 is 25.7 Å². The molecular weight excluding hydrogens is 920 g/mol. The highest BCUT2D eigenvalue weighted by Gasteiger charge is 2.43. The number of hydrazine groups is 1. The Bertz CT molecular complexity index is 3010. The van der Waals surface area contributed by atoms with Crippen LogP contribution in [-0.2, 0) is 30.2 Å². The number of hydrogen-bond donors (Lipinski definition) is 6. The summed E-state index contributed by atoms with van der Waals surface area (Å²) in [6.07, 6.45) is 2.81. The highest BCUT2D eigenvalue weighted by Crippen LogP contribution is 2.45. The number of carboxylic acids is 2. The number of aromatic hydroxyl groups is 1. The van der Waals surface area contributed by atoms with Crippen LogP contribution in [0.3, 0.4) is 0 Å². The number of phenols is 1. The number of benzene rings is 4. The van der Waals surface area contributed by atoms with Crippen molar-refractivity contribution < 1.29 is 56.8 Å². The van der Waals surface area contributed by atoms with E-state index < -0.39 is 62.5 Å². The fraction of sp³-hybridized carbons (Fsp3) is 0.354. The van der Waals surface area contributed by atoms with Crippen molar-refractivity contribution in [2.45, 2.75) is 81.7 Å². The lowest BCUT2D eigenvalue weighted by Crippen LogP contribution is -2.55. The largest absolute Gasteiger partial charge is 0.506 e. The van der Waals surface area contributed by atoms with Crippen molar-refractivity contribution >= 4 is 78.9 Å². The van der Waals surface area contributed by atoms with Gasteiger partial charge in [-0.1, -0.05) is 36.4 Å². The van der Waals surface area contributed by atoms with Gasteiger partial charge in [-0.05, 0) is 110 Å². The Kier molecular flexibility index (Phi) is 12.4. The van der Waals surface area contributed by atoms with E-state index in [9.17, 15) is 42.6 Å². The molecule has 3 amide bonds. The van der Waals surface area contributed by atoms with Crippen molar-refractivity contribution in [3.05, 3.63) is 100 Å². The number of thiophene rings is 1. The number of nitrogens with zero attached hydrogens (tertiary/aromatic N) is 3. The third-order valence-corrected chi connectivity index (χ3v) is 16.4. The Balaban J connectivity index is 0.824. The molecule has 1 aromatic heterocycles. The number of aliphatic carboxylic acids is 1. The number of carboxylic acid groups (broad SMARTS) is 2. The summed E-state index contributed by atoms with van der Waals surface area (Å²) in [5, 5.41) is 39.0. The van der Waals surface area contributed by atoms with Gasteiger partial charge in [-0.25, -0.2) is 27.4 Å². The summed E-state index contributed by atoms with van der Waals surface area (Å²) in [6, 6.07) is 20.0. The summed E-state index contributed by atoms with van der Waals surface area (Å²) in [4.78, 5) is 62.2. The average molecular weight is 969 g/mol. The second-order valence-corrected chi connectivity index (χ2v) is 21.1. The Hall–Kier alpha value is -6.61. The molecule has 0 radical (unpaired) electrons. The summed E-state index contributed by atoms with van der Waals surface area (Å²) in [5.74, 6) is -5.70. The van der Waals surface area contributed by atoms with Gasteiger partial charge >= 0.3 is 11.9 Å². The first-order valence-electron chi connectivity index (χ1n) is 22.2. The average Bonchev–Trinajstić information content (AvgIpc) is 3.77. The molecule has 5 aromatic rings. The van der Waals surface area contributed by atoms with Crippen molar-refractivity contribution in [2.75, 3.05) is 41.9 Å². The monoisotopic (exact) mass is 968 g/mol. The Labute approximate surface area is 394 Å². The van der Waals surface area contributed by atoms with Gasteiger partial charge in [0.25, 0.3) is 5.91 Å².